The zero-order valence-electron chi connectivity index (χ0n) is 16.3. The Morgan fingerprint density at radius 1 is 1.23 bits per heavy atom. The van der Waals surface area contributed by atoms with Gasteiger partial charge in [-0.15, -0.1) is 0 Å². The number of fused-ring (bicyclic) bond motifs is 1. The number of pyridine rings is 1. The predicted octanol–water partition coefficient (Wildman–Crippen LogP) is 2.96. The molecule has 1 unspecified atom stereocenters. The van der Waals surface area contributed by atoms with Crippen LogP contribution >= 0.6 is 27.3 Å². The second-order valence-corrected chi connectivity index (χ2v) is 8.56. The van der Waals surface area contributed by atoms with E-state index in [1.807, 2.05) is 42.5 Å². The molecule has 0 bridgehead atoms. The van der Waals surface area contributed by atoms with Crippen LogP contribution in [0, 0.1) is 0 Å². The maximum Gasteiger partial charge on any atom is 0.338 e. The number of halogens is 1. The van der Waals surface area contributed by atoms with E-state index >= 15 is 0 Å². The minimum atomic E-state index is -0.604. The van der Waals surface area contributed by atoms with Gasteiger partial charge >= 0.3 is 5.97 Å². The summed E-state index contributed by atoms with van der Waals surface area (Å²) in [4.78, 5) is 35.3. The molecule has 0 aliphatic carbocycles. The Bertz CT molecular complexity index is 1310. The van der Waals surface area contributed by atoms with Crippen LogP contribution in [0.4, 0.5) is 0 Å². The van der Waals surface area contributed by atoms with Gasteiger partial charge in [0, 0.05) is 16.9 Å². The number of hydrogen-bond acceptors (Lipinski definition) is 6. The van der Waals surface area contributed by atoms with Crippen molar-refractivity contribution in [3.8, 4) is 0 Å². The van der Waals surface area contributed by atoms with Crippen molar-refractivity contribution in [1.29, 1.82) is 0 Å². The molecule has 0 radical (unpaired) electrons. The van der Waals surface area contributed by atoms with E-state index in [-0.39, 0.29) is 12.2 Å². The van der Waals surface area contributed by atoms with Gasteiger partial charge in [-0.05, 0) is 55.3 Å². The van der Waals surface area contributed by atoms with Gasteiger partial charge in [0.25, 0.3) is 5.56 Å². The molecule has 3 aromatic rings. The molecule has 8 heteroatoms. The number of thiazole rings is 1. The smallest absolute Gasteiger partial charge is 0.338 e. The van der Waals surface area contributed by atoms with Crippen molar-refractivity contribution in [1.82, 2.24) is 9.55 Å². The largest absolute Gasteiger partial charge is 0.463 e. The van der Waals surface area contributed by atoms with Crippen molar-refractivity contribution < 1.29 is 9.53 Å². The molecule has 1 aliphatic rings. The fourth-order valence-electron chi connectivity index (χ4n) is 3.36. The van der Waals surface area contributed by atoms with Gasteiger partial charge in [-0.2, -0.15) is 0 Å². The van der Waals surface area contributed by atoms with Gasteiger partial charge in [-0.1, -0.05) is 39.4 Å². The summed E-state index contributed by atoms with van der Waals surface area (Å²) in [6.07, 6.45) is 5.17. The third-order valence-electron chi connectivity index (χ3n) is 4.71. The van der Waals surface area contributed by atoms with Crippen LogP contribution < -0.4 is 14.9 Å². The highest BCUT2D eigenvalue weighted by Crippen LogP contribution is 2.31. The SMILES string of the molecule is CCOC(=O)C1=C(C)N=c2s/c(=C\c3ccncc3)c(=O)n2C1c1ccc(Br)cc1. The second-order valence-electron chi connectivity index (χ2n) is 6.63. The molecule has 1 atom stereocenters. The monoisotopic (exact) mass is 483 g/mol. The zero-order valence-corrected chi connectivity index (χ0v) is 18.7. The Morgan fingerprint density at radius 2 is 1.93 bits per heavy atom. The first kappa shape index (κ1) is 20.4. The summed E-state index contributed by atoms with van der Waals surface area (Å²) < 4.78 is 8.33. The lowest BCUT2D eigenvalue weighted by atomic mass is 9.96. The maximum absolute atomic E-state index is 13.4. The molecule has 0 N–H and O–H groups in total. The van der Waals surface area contributed by atoms with Crippen molar-refractivity contribution in [2.45, 2.75) is 19.9 Å². The van der Waals surface area contributed by atoms with Gasteiger partial charge < -0.3 is 4.74 Å². The van der Waals surface area contributed by atoms with Gasteiger partial charge in [-0.3, -0.25) is 14.3 Å². The van der Waals surface area contributed by atoms with Gasteiger partial charge in [0.1, 0.15) is 0 Å². The molecule has 1 aromatic carbocycles. The van der Waals surface area contributed by atoms with Crippen molar-refractivity contribution in [3.63, 3.8) is 0 Å². The van der Waals surface area contributed by atoms with Gasteiger partial charge in [0.05, 0.1) is 28.5 Å². The zero-order chi connectivity index (χ0) is 21.3. The molecule has 0 saturated heterocycles. The van der Waals surface area contributed by atoms with E-state index in [0.717, 1.165) is 15.6 Å². The highest BCUT2D eigenvalue weighted by molar-refractivity contribution is 9.10. The first-order valence-corrected chi connectivity index (χ1v) is 11.0. The van der Waals surface area contributed by atoms with Crippen LogP contribution in [0.5, 0.6) is 0 Å². The van der Waals surface area contributed by atoms with Crippen LogP contribution in [-0.2, 0) is 9.53 Å². The van der Waals surface area contributed by atoms with E-state index < -0.39 is 12.0 Å². The molecule has 3 heterocycles. The molecular weight excluding hydrogens is 466 g/mol. The molecule has 30 heavy (non-hydrogen) atoms. The summed E-state index contributed by atoms with van der Waals surface area (Å²) >= 11 is 4.74. The average Bonchev–Trinajstić information content (AvgIpc) is 3.03. The topological polar surface area (TPSA) is 73.6 Å². The van der Waals surface area contributed by atoms with Crippen LogP contribution in [-0.4, -0.2) is 22.1 Å². The fourth-order valence-corrected chi connectivity index (χ4v) is 4.67. The van der Waals surface area contributed by atoms with E-state index in [2.05, 4.69) is 25.9 Å². The van der Waals surface area contributed by atoms with E-state index in [4.69, 9.17) is 4.74 Å². The van der Waals surface area contributed by atoms with Crippen LogP contribution in [0.3, 0.4) is 0 Å². The number of aromatic nitrogens is 2. The minimum Gasteiger partial charge on any atom is -0.463 e. The maximum atomic E-state index is 13.4. The molecule has 1 aliphatic heterocycles. The molecule has 6 nitrogen and oxygen atoms in total. The second kappa shape index (κ2) is 8.49. The highest BCUT2D eigenvalue weighted by atomic mass is 79.9. The summed E-state index contributed by atoms with van der Waals surface area (Å²) in [6, 6.07) is 10.6. The summed E-state index contributed by atoms with van der Waals surface area (Å²) in [5.41, 5.74) is 2.42. The molecule has 0 amide bonds. The molecule has 4 rings (SSSR count). The van der Waals surface area contributed by atoms with Crippen LogP contribution in [0.2, 0.25) is 0 Å². The Hall–Kier alpha value is -2.84. The number of esters is 1. The number of hydrogen-bond donors (Lipinski definition) is 0. The number of allylic oxidation sites excluding steroid dienone is 1. The van der Waals surface area contributed by atoms with Gasteiger partial charge in [-0.25, -0.2) is 9.79 Å². The predicted molar refractivity (Wildman–Crippen MR) is 119 cm³/mol. The number of rotatable bonds is 4. The summed E-state index contributed by atoms with van der Waals surface area (Å²) in [5.74, 6) is -0.463. The molecule has 152 valence electrons. The molecule has 0 spiro atoms. The number of carbonyl (C=O) groups is 1. The Kier molecular flexibility index (Phi) is 5.78. The van der Waals surface area contributed by atoms with E-state index in [0.29, 0.717) is 20.6 Å². The normalized spacial score (nSPS) is 16.2. The number of nitrogens with zero attached hydrogens (tertiary/aromatic N) is 3. The molecule has 0 saturated carbocycles. The lowest BCUT2D eigenvalue weighted by Crippen LogP contribution is -2.39. The Balaban J connectivity index is 1.96. The number of ether oxygens (including phenoxy) is 1. The first-order valence-electron chi connectivity index (χ1n) is 9.34. The third-order valence-corrected chi connectivity index (χ3v) is 6.22. The highest BCUT2D eigenvalue weighted by Gasteiger charge is 2.33. The van der Waals surface area contributed by atoms with Crippen molar-refractivity contribution in [2.24, 2.45) is 4.99 Å². The van der Waals surface area contributed by atoms with E-state index in [1.165, 1.54) is 11.3 Å². The Labute approximate surface area is 185 Å². The summed E-state index contributed by atoms with van der Waals surface area (Å²) in [5, 5.41) is 0. The number of benzene rings is 1. The van der Waals surface area contributed by atoms with Gasteiger partial charge in [0.15, 0.2) is 4.80 Å². The molecule has 2 aromatic heterocycles. The van der Waals surface area contributed by atoms with Crippen molar-refractivity contribution >= 4 is 39.3 Å². The standard InChI is InChI=1S/C22H18BrN3O3S/c1-3-29-21(28)18-13(2)25-22-26(19(18)15-4-6-16(23)7-5-15)20(27)17(30-22)12-14-8-10-24-11-9-14/h4-12,19H,3H2,1-2H3/b17-12-. The minimum absolute atomic E-state index is 0.197. The summed E-state index contributed by atoms with van der Waals surface area (Å²) in [7, 11) is 0. The van der Waals surface area contributed by atoms with Crippen molar-refractivity contribution in [3.05, 3.63) is 95.3 Å². The average molecular weight is 484 g/mol. The molecular formula is C22H18BrN3O3S. The van der Waals surface area contributed by atoms with E-state index in [9.17, 15) is 9.59 Å². The number of carbonyl (C=O) groups excluding carboxylic acids is 1. The lowest BCUT2D eigenvalue weighted by Gasteiger charge is -2.24. The first-order chi connectivity index (χ1) is 14.5. The third kappa shape index (κ3) is 3.80. The van der Waals surface area contributed by atoms with Crippen LogP contribution in [0.15, 0.2) is 74.3 Å². The van der Waals surface area contributed by atoms with Crippen LogP contribution in [0.1, 0.15) is 31.0 Å². The fraction of sp³-hybridized carbons (Fsp3) is 0.182. The quantitative estimate of drug-likeness (QED) is 0.534. The Morgan fingerprint density at radius 3 is 2.60 bits per heavy atom. The summed E-state index contributed by atoms with van der Waals surface area (Å²) in [6.45, 7) is 3.78. The lowest BCUT2D eigenvalue weighted by molar-refractivity contribution is -0.139. The van der Waals surface area contributed by atoms with Gasteiger partial charge in [0.2, 0.25) is 0 Å². The molecule has 0 fully saturated rings. The van der Waals surface area contributed by atoms with Crippen molar-refractivity contribution in [2.75, 3.05) is 6.61 Å². The van der Waals surface area contributed by atoms with Crippen LogP contribution in [0.25, 0.3) is 6.08 Å². The van der Waals surface area contributed by atoms with E-state index in [1.54, 1.807) is 30.8 Å².